The summed E-state index contributed by atoms with van der Waals surface area (Å²) in [6.45, 7) is 0. The van der Waals surface area contributed by atoms with Crippen LogP contribution in [0.2, 0.25) is 0 Å². The lowest BCUT2D eigenvalue weighted by molar-refractivity contribution is 0.102. The van der Waals surface area contributed by atoms with Crippen LogP contribution in [-0.4, -0.2) is 10.9 Å². The van der Waals surface area contributed by atoms with E-state index in [0.29, 0.717) is 16.1 Å². The first kappa shape index (κ1) is 13.7. The number of hydrogen-bond acceptors (Lipinski definition) is 5. The third-order valence-corrected chi connectivity index (χ3v) is 4.39. The van der Waals surface area contributed by atoms with Crippen LogP contribution >= 0.6 is 11.3 Å². The molecule has 0 aliphatic heterocycles. The maximum atomic E-state index is 12.4. The van der Waals surface area contributed by atoms with Crippen LogP contribution in [0, 0.1) is 0 Å². The van der Waals surface area contributed by atoms with Crippen LogP contribution in [-0.2, 0) is 0 Å². The average Bonchev–Trinajstić information content (AvgIpc) is 2.97. The van der Waals surface area contributed by atoms with Crippen LogP contribution in [0.4, 0.5) is 5.13 Å². The van der Waals surface area contributed by atoms with Gasteiger partial charge in [0.1, 0.15) is 17.4 Å². The highest BCUT2D eigenvalue weighted by Gasteiger charge is 2.16. The van der Waals surface area contributed by atoms with Gasteiger partial charge >= 0.3 is 0 Å². The number of nitrogens with one attached hydrogen (secondary N) is 1. The molecule has 5 nitrogen and oxygen atoms in total. The number of para-hydroxylation sites is 2. The number of hydrogen-bond donors (Lipinski definition) is 1. The van der Waals surface area contributed by atoms with E-state index in [1.165, 1.54) is 17.6 Å². The van der Waals surface area contributed by atoms with Crippen molar-refractivity contribution >= 4 is 43.6 Å². The van der Waals surface area contributed by atoms with Gasteiger partial charge in [-0.15, -0.1) is 0 Å². The first-order valence-electron chi connectivity index (χ1n) is 6.90. The SMILES string of the molecule is O=C(Nc1nc2ccccc2s1)c1coc2ccccc2c1=O. The Balaban J connectivity index is 1.71. The lowest BCUT2D eigenvalue weighted by Gasteiger charge is -2.02. The molecule has 0 unspecified atom stereocenters. The van der Waals surface area contributed by atoms with Crippen molar-refractivity contribution in [3.05, 3.63) is 70.6 Å². The van der Waals surface area contributed by atoms with E-state index in [9.17, 15) is 9.59 Å². The number of fused-ring (bicyclic) bond motifs is 2. The summed E-state index contributed by atoms with van der Waals surface area (Å²) in [4.78, 5) is 29.1. The van der Waals surface area contributed by atoms with Gasteiger partial charge in [0.05, 0.1) is 15.6 Å². The summed E-state index contributed by atoms with van der Waals surface area (Å²) >= 11 is 1.35. The van der Waals surface area contributed by atoms with Crippen molar-refractivity contribution in [3.63, 3.8) is 0 Å². The second-order valence-electron chi connectivity index (χ2n) is 4.92. The lowest BCUT2D eigenvalue weighted by Crippen LogP contribution is -2.21. The number of carbonyl (C=O) groups is 1. The number of amides is 1. The first-order valence-corrected chi connectivity index (χ1v) is 7.71. The molecular weight excluding hydrogens is 312 g/mol. The number of nitrogens with zero attached hydrogens (tertiary/aromatic N) is 1. The predicted molar refractivity (Wildman–Crippen MR) is 90.1 cm³/mol. The van der Waals surface area contributed by atoms with E-state index in [1.807, 2.05) is 24.3 Å². The molecule has 2 aromatic carbocycles. The Morgan fingerprint density at radius 3 is 2.74 bits per heavy atom. The summed E-state index contributed by atoms with van der Waals surface area (Å²) in [5.74, 6) is -0.524. The van der Waals surface area contributed by atoms with Gasteiger partial charge in [0.25, 0.3) is 5.91 Å². The highest BCUT2D eigenvalue weighted by atomic mass is 32.1. The quantitative estimate of drug-likeness (QED) is 0.611. The minimum atomic E-state index is -0.524. The van der Waals surface area contributed by atoms with Gasteiger partial charge in [0.2, 0.25) is 5.43 Å². The van der Waals surface area contributed by atoms with E-state index in [2.05, 4.69) is 10.3 Å². The van der Waals surface area contributed by atoms with Crippen molar-refractivity contribution in [2.24, 2.45) is 0 Å². The van der Waals surface area contributed by atoms with Gasteiger partial charge in [-0.2, -0.15) is 0 Å². The molecule has 1 amide bonds. The molecule has 112 valence electrons. The smallest absolute Gasteiger partial charge is 0.264 e. The third kappa shape index (κ3) is 2.39. The maximum Gasteiger partial charge on any atom is 0.264 e. The molecule has 1 N–H and O–H groups in total. The predicted octanol–water partition coefficient (Wildman–Crippen LogP) is 3.66. The Bertz CT molecular complexity index is 1060. The van der Waals surface area contributed by atoms with E-state index in [0.717, 1.165) is 10.2 Å². The van der Waals surface area contributed by atoms with Gasteiger partial charge < -0.3 is 4.42 Å². The molecule has 23 heavy (non-hydrogen) atoms. The highest BCUT2D eigenvalue weighted by Crippen LogP contribution is 2.25. The van der Waals surface area contributed by atoms with Crippen LogP contribution in [0.1, 0.15) is 10.4 Å². The molecule has 4 aromatic rings. The molecule has 0 fully saturated rings. The highest BCUT2D eigenvalue weighted by molar-refractivity contribution is 7.22. The van der Waals surface area contributed by atoms with Crippen LogP contribution < -0.4 is 10.7 Å². The second-order valence-corrected chi connectivity index (χ2v) is 5.95. The Morgan fingerprint density at radius 1 is 1.09 bits per heavy atom. The molecule has 0 saturated heterocycles. The second kappa shape index (κ2) is 5.33. The van der Waals surface area contributed by atoms with E-state index in [4.69, 9.17) is 4.42 Å². The summed E-state index contributed by atoms with van der Waals surface area (Å²) in [5, 5.41) is 3.49. The van der Waals surface area contributed by atoms with E-state index in [1.54, 1.807) is 24.3 Å². The molecule has 0 radical (unpaired) electrons. The van der Waals surface area contributed by atoms with Crippen molar-refractivity contribution < 1.29 is 9.21 Å². The van der Waals surface area contributed by atoms with Crippen molar-refractivity contribution in [2.45, 2.75) is 0 Å². The Kier molecular flexibility index (Phi) is 3.17. The fourth-order valence-electron chi connectivity index (χ4n) is 2.32. The van der Waals surface area contributed by atoms with Crippen LogP contribution in [0.15, 0.2) is 64.0 Å². The molecular formula is C17H10N2O3S. The topological polar surface area (TPSA) is 72.2 Å². The summed E-state index contributed by atoms with van der Waals surface area (Å²) in [7, 11) is 0. The molecule has 0 bridgehead atoms. The zero-order valence-electron chi connectivity index (χ0n) is 11.8. The zero-order valence-corrected chi connectivity index (χ0v) is 12.6. The molecule has 0 saturated carbocycles. The van der Waals surface area contributed by atoms with Crippen LogP contribution in [0.3, 0.4) is 0 Å². The van der Waals surface area contributed by atoms with Gasteiger partial charge in [-0.05, 0) is 24.3 Å². The maximum absolute atomic E-state index is 12.4. The number of aromatic nitrogens is 1. The Labute approximate surface area is 134 Å². The minimum absolute atomic E-state index is 0.0389. The lowest BCUT2D eigenvalue weighted by atomic mass is 10.1. The van der Waals surface area contributed by atoms with Gasteiger partial charge in [-0.1, -0.05) is 35.6 Å². The van der Waals surface area contributed by atoms with Crippen molar-refractivity contribution in [1.82, 2.24) is 4.98 Å². The zero-order chi connectivity index (χ0) is 15.8. The number of anilines is 1. The number of carbonyl (C=O) groups excluding carboxylic acids is 1. The Morgan fingerprint density at radius 2 is 1.87 bits per heavy atom. The standard InChI is InChI=1S/C17H10N2O3S/c20-15-10-5-1-3-7-13(10)22-9-11(15)16(21)19-17-18-12-6-2-4-8-14(12)23-17/h1-9H,(H,18,19,21). The van der Waals surface area contributed by atoms with Crippen LogP contribution in [0.25, 0.3) is 21.2 Å². The summed E-state index contributed by atoms with van der Waals surface area (Å²) in [6, 6.07) is 14.4. The fourth-order valence-corrected chi connectivity index (χ4v) is 3.19. The molecule has 2 aromatic heterocycles. The minimum Gasteiger partial charge on any atom is -0.463 e. The molecule has 4 rings (SSSR count). The van der Waals surface area contributed by atoms with Gasteiger partial charge in [0.15, 0.2) is 5.13 Å². The number of thiazole rings is 1. The molecule has 0 atom stereocenters. The van der Waals surface area contributed by atoms with E-state index in [-0.39, 0.29) is 11.0 Å². The summed E-state index contributed by atoms with van der Waals surface area (Å²) < 4.78 is 6.33. The largest absolute Gasteiger partial charge is 0.463 e. The van der Waals surface area contributed by atoms with E-state index >= 15 is 0 Å². The molecule has 0 spiro atoms. The normalized spacial score (nSPS) is 11.0. The number of benzene rings is 2. The van der Waals surface area contributed by atoms with Crippen molar-refractivity contribution in [2.75, 3.05) is 5.32 Å². The van der Waals surface area contributed by atoms with Crippen LogP contribution in [0.5, 0.6) is 0 Å². The van der Waals surface area contributed by atoms with Gasteiger partial charge in [-0.25, -0.2) is 4.98 Å². The van der Waals surface area contributed by atoms with Gasteiger partial charge in [-0.3, -0.25) is 14.9 Å². The molecule has 0 aliphatic rings. The molecule has 6 heteroatoms. The summed E-state index contributed by atoms with van der Waals surface area (Å²) in [6.07, 6.45) is 1.19. The molecule has 0 aliphatic carbocycles. The summed E-state index contributed by atoms with van der Waals surface area (Å²) in [5.41, 5.74) is 0.862. The van der Waals surface area contributed by atoms with Crippen molar-refractivity contribution in [1.29, 1.82) is 0 Å². The molecule has 2 heterocycles. The average molecular weight is 322 g/mol. The van der Waals surface area contributed by atoms with Gasteiger partial charge in [0, 0.05) is 0 Å². The fraction of sp³-hybridized carbons (Fsp3) is 0. The van der Waals surface area contributed by atoms with Crippen molar-refractivity contribution in [3.8, 4) is 0 Å². The Hall–Kier alpha value is -2.99. The van der Waals surface area contributed by atoms with E-state index < -0.39 is 5.91 Å². The third-order valence-electron chi connectivity index (χ3n) is 3.44. The first-order chi connectivity index (χ1) is 11.2. The monoisotopic (exact) mass is 322 g/mol. The number of rotatable bonds is 2.